The van der Waals surface area contributed by atoms with E-state index in [1.165, 1.54) is 21.7 Å². The number of nitrogens with zero attached hydrogens (tertiary/aromatic N) is 3. The van der Waals surface area contributed by atoms with Gasteiger partial charge in [-0.25, -0.2) is 12.7 Å². The molecule has 0 saturated carbocycles. The Balaban J connectivity index is 2.07. The number of sulfonamides is 1. The van der Waals surface area contributed by atoms with Crippen LogP contribution in [-0.4, -0.2) is 76.8 Å². The fraction of sp³-hybridized carbons (Fsp3) is 0.650. The van der Waals surface area contributed by atoms with Crippen LogP contribution in [0.4, 0.5) is 0 Å². The molecule has 0 aliphatic carbocycles. The average molecular weight is 427 g/mol. The van der Waals surface area contributed by atoms with Gasteiger partial charge in [-0.05, 0) is 43.0 Å². The van der Waals surface area contributed by atoms with Crippen LogP contribution in [0.15, 0.2) is 17.1 Å². The molecule has 164 valence electrons. The molecule has 0 bridgehead atoms. The van der Waals surface area contributed by atoms with Gasteiger partial charge in [-0.1, -0.05) is 6.92 Å². The number of rotatable bonds is 9. The number of ether oxygens (including phenoxy) is 2. The fourth-order valence-electron chi connectivity index (χ4n) is 3.48. The van der Waals surface area contributed by atoms with Gasteiger partial charge < -0.3 is 19.7 Å². The van der Waals surface area contributed by atoms with Crippen LogP contribution < -0.4 is 14.8 Å². The van der Waals surface area contributed by atoms with Gasteiger partial charge in [-0.2, -0.15) is 0 Å². The number of hydrogen-bond acceptors (Lipinski definition) is 5. The third kappa shape index (κ3) is 6.24. The minimum Gasteiger partial charge on any atom is -0.493 e. The standard InChI is InChI=1S/C20H34N4O4S/c1-6-21-20(22-10-8-11-24(7-2)29(5,25)26)23-12-9-16-13-18(27-3)19(28-4)14-17(16)15-23/h13-14H,6-12,15H2,1-5H3,(H,21,22). The average Bonchev–Trinajstić information content (AvgIpc) is 2.70. The summed E-state index contributed by atoms with van der Waals surface area (Å²) in [6.07, 6.45) is 2.83. The summed E-state index contributed by atoms with van der Waals surface area (Å²) >= 11 is 0. The van der Waals surface area contributed by atoms with Gasteiger partial charge in [-0.15, -0.1) is 0 Å². The van der Waals surface area contributed by atoms with Crippen molar-refractivity contribution in [3.63, 3.8) is 0 Å². The lowest BCUT2D eigenvalue weighted by Crippen LogP contribution is -2.44. The molecule has 1 heterocycles. The molecule has 0 aromatic heterocycles. The molecule has 9 heteroatoms. The first kappa shape index (κ1) is 23.3. The van der Waals surface area contributed by atoms with Gasteiger partial charge in [0.1, 0.15) is 0 Å². The number of nitrogens with one attached hydrogen (secondary N) is 1. The largest absolute Gasteiger partial charge is 0.493 e. The van der Waals surface area contributed by atoms with Crippen LogP contribution in [0.2, 0.25) is 0 Å². The molecule has 0 saturated heterocycles. The Bertz CT molecular complexity index is 811. The molecular formula is C20H34N4O4S. The van der Waals surface area contributed by atoms with Gasteiger partial charge in [-0.3, -0.25) is 4.99 Å². The van der Waals surface area contributed by atoms with Crippen molar-refractivity contribution in [2.75, 3.05) is 53.2 Å². The molecule has 1 aromatic carbocycles. The summed E-state index contributed by atoms with van der Waals surface area (Å²) in [5.74, 6) is 2.34. The number of aliphatic imine (C=N–C) groups is 1. The van der Waals surface area contributed by atoms with Crippen LogP contribution in [-0.2, 0) is 23.0 Å². The number of benzene rings is 1. The van der Waals surface area contributed by atoms with Crippen LogP contribution in [0.3, 0.4) is 0 Å². The lowest BCUT2D eigenvalue weighted by atomic mass is 9.99. The molecule has 29 heavy (non-hydrogen) atoms. The van der Waals surface area contributed by atoms with Crippen molar-refractivity contribution in [3.8, 4) is 11.5 Å². The molecule has 0 radical (unpaired) electrons. The lowest BCUT2D eigenvalue weighted by molar-refractivity contribution is 0.346. The Morgan fingerprint density at radius 2 is 1.86 bits per heavy atom. The van der Waals surface area contributed by atoms with Gasteiger partial charge >= 0.3 is 0 Å². The van der Waals surface area contributed by atoms with E-state index < -0.39 is 10.0 Å². The minimum absolute atomic E-state index is 0.483. The van der Waals surface area contributed by atoms with Crippen molar-refractivity contribution >= 4 is 16.0 Å². The zero-order chi connectivity index (χ0) is 21.4. The topological polar surface area (TPSA) is 83.5 Å². The van der Waals surface area contributed by atoms with E-state index in [4.69, 9.17) is 14.5 Å². The molecule has 1 aromatic rings. The Kier molecular flexibility index (Phi) is 8.58. The summed E-state index contributed by atoms with van der Waals surface area (Å²) in [4.78, 5) is 6.96. The van der Waals surface area contributed by atoms with E-state index in [2.05, 4.69) is 16.3 Å². The van der Waals surface area contributed by atoms with Gasteiger partial charge in [0.25, 0.3) is 0 Å². The highest BCUT2D eigenvalue weighted by molar-refractivity contribution is 7.88. The molecular weight excluding hydrogens is 392 g/mol. The Morgan fingerprint density at radius 3 is 2.41 bits per heavy atom. The SMILES string of the molecule is CCNC(=NCCCN(CC)S(C)(=O)=O)N1CCc2cc(OC)c(OC)cc2C1. The Labute approximate surface area is 174 Å². The van der Waals surface area contributed by atoms with Crippen LogP contribution in [0.25, 0.3) is 0 Å². The quantitative estimate of drug-likeness (QED) is 0.368. The zero-order valence-corrected chi connectivity index (χ0v) is 19.0. The number of guanidine groups is 1. The van der Waals surface area contributed by atoms with Crippen molar-refractivity contribution in [2.24, 2.45) is 4.99 Å². The van der Waals surface area contributed by atoms with Crippen LogP contribution in [0.1, 0.15) is 31.4 Å². The maximum absolute atomic E-state index is 11.7. The molecule has 1 N–H and O–H groups in total. The van der Waals surface area contributed by atoms with Crippen molar-refractivity contribution in [1.82, 2.24) is 14.5 Å². The van der Waals surface area contributed by atoms with Gasteiger partial charge in [0.05, 0.1) is 20.5 Å². The third-order valence-corrected chi connectivity index (χ3v) is 6.38. The molecule has 0 amide bonds. The van der Waals surface area contributed by atoms with Crippen molar-refractivity contribution in [3.05, 3.63) is 23.3 Å². The molecule has 1 aliphatic heterocycles. The zero-order valence-electron chi connectivity index (χ0n) is 18.2. The summed E-state index contributed by atoms with van der Waals surface area (Å²) < 4.78 is 35.7. The van der Waals surface area contributed by atoms with Crippen LogP contribution in [0, 0.1) is 0 Å². The molecule has 1 aliphatic rings. The maximum Gasteiger partial charge on any atom is 0.211 e. The second-order valence-corrected chi connectivity index (χ2v) is 8.97. The predicted molar refractivity (Wildman–Crippen MR) is 116 cm³/mol. The molecule has 0 spiro atoms. The summed E-state index contributed by atoms with van der Waals surface area (Å²) in [6, 6.07) is 4.09. The first-order valence-corrected chi connectivity index (χ1v) is 11.9. The molecule has 0 unspecified atom stereocenters. The van der Waals surface area contributed by atoms with Gasteiger partial charge in [0, 0.05) is 39.3 Å². The molecule has 2 rings (SSSR count). The smallest absolute Gasteiger partial charge is 0.211 e. The second kappa shape index (κ2) is 10.7. The monoisotopic (exact) mass is 426 g/mol. The normalized spacial score (nSPS) is 14.7. The number of methoxy groups -OCH3 is 2. The predicted octanol–water partition coefficient (Wildman–Crippen LogP) is 1.70. The maximum atomic E-state index is 11.7. The van der Waals surface area contributed by atoms with E-state index in [1.807, 2.05) is 19.9 Å². The number of fused-ring (bicyclic) bond motifs is 1. The first-order chi connectivity index (χ1) is 13.8. The Hall–Kier alpha value is -2.00. The van der Waals surface area contributed by atoms with E-state index in [0.29, 0.717) is 26.1 Å². The van der Waals surface area contributed by atoms with Crippen molar-refractivity contribution in [2.45, 2.75) is 33.2 Å². The minimum atomic E-state index is -3.16. The summed E-state index contributed by atoms with van der Waals surface area (Å²) in [5, 5.41) is 3.35. The number of hydrogen-bond donors (Lipinski definition) is 1. The van der Waals surface area contributed by atoms with E-state index in [1.54, 1.807) is 14.2 Å². The van der Waals surface area contributed by atoms with Crippen molar-refractivity contribution in [1.29, 1.82) is 0 Å². The summed E-state index contributed by atoms with van der Waals surface area (Å²) in [5.41, 5.74) is 2.47. The highest BCUT2D eigenvalue weighted by Crippen LogP contribution is 2.33. The third-order valence-electron chi connectivity index (χ3n) is 5.00. The fourth-order valence-corrected chi connectivity index (χ4v) is 4.41. The summed E-state index contributed by atoms with van der Waals surface area (Å²) in [6.45, 7) is 7.81. The van der Waals surface area contributed by atoms with Gasteiger partial charge in [0.15, 0.2) is 17.5 Å². The molecule has 0 atom stereocenters. The van der Waals surface area contributed by atoms with Crippen LogP contribution in [0.5, 0.6) is 11.5 Å². The van der Waals surface area contributed by atoms with Crippen molar-refractivity contribution < 1.29 is 17.9 Å². The first-order valence-electron chi connectivity index (χ1n) is 10.1. The van der Waals surface area contributed by atoms with E-state index >= 15 is 0 Å². The van der Waals surface area contributed by atoms with E-state index in [-0.39, 0.29) is 0 Å². The lowest BCUT2D eigenvalue weighted by Gasteiger charge is -2.32. The Morgan fingerprint density at radius 1 is 1.21 bits per heavy atom. The van der Waals surface area contributed by atoms with E-state index in [9.17, 15) is 8.42 Å². The van der Waals surface area contributed by atoms with E-state index in [0.717, 1.165) is 43.5 Å². The highest BCUT2D eigenvalue weighted by Gasteiger charge is 2.21. The second-order valence-electron chi connectivity index (χ2n) is 6.99. The van der Waals surface area contributed by atoms with Gasteiger partial charge in [0.2, 0.25) is 10.0 Å². The summed E-state index contributed by atoms with van der Waals surface area (Å²) in [7, 11) is 0.141. The molecule has 8 nitrogen and oxygen atoms in total. The van der Waals surface area contributed by atoms with Crippen LogP contribution >= 0.6 is 0 Å². The molecule has 0 fully saturated rings. The highest BCUT2D eigenvalue weighted by atomic mass is 32.2.